The van der Waals surface area contributed by atoms with E-state index in [2.05, 4.69) is 15.5 Å². The van der Waals surface area contributed by atoms with Crippen molar-refractivity contribution in [1.29, 1.82) is 0 Å². The van der Waals surface area contributed by atoms with Crippen molar-refractivity contribution in [1.82, 2.24) is 15.5 Å². The third-order valence-electron chi connectivity index (χ3n) is 4.21. The van der Waals surface area contributed by atoms with Gasteiger partial charge in [-0.1, -0.05) is 31.2 Å². The monoisotopic (exact) mass is 315 g/mol. The van der Waals surface area contributed by atoms with Gasteiger partial charge in [0.2, 0.25) is 5.91 Å². The van der Waals surface area contributed by atoms with Crippen LogP contribution in [0.1, 0.15) is 53.4 Å². The Kier molecular flexibility index (Phi) is 5.55. The molecule has 2 unspecified atom stereocenters. The molecule has 3 N–H and O–H groups in total. The molecule has 2 aromatic rings. The molecule has 0 aliphatic heterocycles. The Morgan fingerprint density at radius 2 is 2.00 bits per heavy atom. The first-order valence-corrected chi connectivity index (χ1v) is 7.92. The van der Waals surface area contributed by atoms with E-state index < -0.39 is 6.10 Å². The van der Waals surface area contributed by atoms with Crippen LogP contribution in [0.3, 0.4) is 0 Å². The predicted octanol–water partition coefficient (Wildman–Crippen LogP) is 2.68. The fraction of sp³-hybridized carbons (Fsp3) is 0.444. The fourth-order valence-corrected chi connectivity index (χ4v) is 3.02. The van der Waals surface area contributed by atoms with Crippen molar-refractivity contribution >= 4 is 5.91 Å². The number of carbonyl (C=O) groups excluding carboxylic acids is 1. The molecular weight excluding hydrogens is 290 g/mol. The van der Waals surface area contributed by atoms with Gasteiger partial charge < -0.3 is 10.4 Å². The summed E-state index contributed by atoms with van der Waals surface area (Å²) in [6.45, 7) is 8.09. The van der Waals surface area contributed by atoms with Gasteiger partial charge in [0.05, 0.1) is 11.8 Å². The maximum Gasteiger partial charge on any atom is 0.220 e. The minimum atomic E-state index is -0.687. The number of rotatable bonds is 6. The molecule has 124 valence electrons. The topological polar surface area (TPSA) is 78.0 Å². The number of benzene rings is 1. The highest BCUT2D eigenvalue weighted by molar-refractivity contribution is 5.77. The van der Waals surface area contributed by atoms with Crippen molar-refractivity contribution in [2.24, 2.45) is 0 Å². The van der Waals surface area contributed by atoms with Gasteiger partial charge in [-0.2, -0.15) is 5.10 Å². The molecule has 0 aliphatic rings. The Morgan fingerprint density at radius 1 is 1.30 bits per heavy atom. The van der Waals surface area contributed by atoms with E-state index in [9.17, 15) is 9.90 Å². The number of aromatic nitrogens is 2. The molecule has 0 bridgehead atoms. The van der Waals surface area contributed by atoms with Crippen LogP contribution in [0.15, 0.2) is 24.3 Å². The van der Waals surface area contributed by atoms with Crippen molar-refractivity contribution in [2.75, 3.05) is 6.54 Å². The second-order valence-electron chi connectivity index (χ2n) is 6.13. The number of nitrogens with zero attached hydrogens (tertiary/aromatic N) is 1. The number of amides is 1. The number of carbonyl (C=O) groups is 1. The van der Waals surface area contributed by atoms with Gasteiger partial charge in [-0.25, -0.2) is 0 Å². The number of aliphatic hydroxyl groups is 1. The minimum absolute atomic E-state index is 0.0647. The highest BCUT2D eigenvalue weighted by Gasteiger charge is 2.18. The SMILES string of the molecule is Cc1ccccc1C(O)CNC(=O)CC(C)c1c(C)n[nH]c1C. The van der Waals surface area contributed by atoms with E-state index in [-0.39, 0.29) is 18.4 Å². The molecule has 0 radical (unpaired) electrons. The van der Waals surface area contributed by atoms with Crippen LogP contribution >= 0.6 is 0 Å². The number of H-pyrrole nitrogens is 1. The van der Waals surface area contributed by atoms with Gasteiger partial charge in [0.15, 0.2) is 0 Å². The summed E-state index contributed by atoms with van der Waals surface area (Å²) in [5.74, 6) is 0.0227. The molecule has 23 heavy (non-hydrogen) atoms. The van der Waals surface area contributed by atoms with Gasteiger partial charge in [0.25, 0.3) is 0 Å². The van der Waals surface area contributed by atoms with Crippen LogP contribution in [0, 0.1) is 20.8 Å². The molecule has 0 fully saturated rings. The summed E-state index contributed by atoms with van der Waals surface area (Å²) in [7, 11) is 0. The lowest BCUT2D eigenvalue weighted by Gasteiger charge is -2.16. The Balaban J connectivity index is 1.89. The summed E-state index contributed by atoms with van der Waals surface area (Å²) in [6, 6.07) is 7.65. The van der Waals surface area contributed by atoms with Crippen LogP contribution < -0.4 is 5.32 Å². The predicted molar refractivity (Wildman–Crippen MR) is 90.2 cm³/mol. The normalized spacial score (nSPS) is 13.6. The summed E-state index contributed by atoms with van der Waals surface area (Å²) in [4.78, 5) is 12.1. The summed E-state index contributed by atoms with van der Waals surface area (Å²) in [5.41, 5.74) is 4.90. The smallest absolute Gasteiger partial charge is 0.220 e. The highest BCUT2D eigenvalue weighted by Crippen LogP contribution is 2.24. The van der Waals surface area contributed by atoms with Crippen molar-refractivity contribution < 1.29 is 9.90 Å². The van der Waals surface area contributed by atoms with Gasteiger partial charge >= 0.3 is 0 Å². The van der Waals surface area contributed by atoms with Gasteiger partial charge in [-0.3, -0.25) is 9.89 Å². The Labute approximate surface area is 137 Å². The molecule has 1 amide bonds. The van der Waals surface area contributed by atoms with Crippen LogP contribution in [-0.2, 0) is 4.79 Å². The van der Waals surface area contributed by atoms with E-state index in [1.165, 1.54) is 0 Å². The molecule has 2 atom stereocenters. The molecule has 0 saturated heterocycles. The maximum absolute atomic E-state index is 12.1. The molecule has 5 heteroatoms. The first kappa shape index (κ1) is 17.2. The average Bonchev–Trinajstić information content (AvgIpc) is 2.84. The lowest BCUT2D eigenvalue weighted by molar-refractivity contribution is -0.121. The number of hydrogen-bond acceptors (Lipinski definition) is 3. The molecule has 2 rings (SSSR count). The zero-order valence-corrected chi connectivity index (χ0v) is 14.2. The minimum Gasteiger partial charge on any atom is -0.387 e. The Hall–Kier alpha value is -2.14. The summed E-state index contributed by atoms with van der Waals surface area (Å²) >= 11 is 0. The summed E-state index contributed by atoms with van der Waals surface area (Å²) in [5, 5.41) is 20.2. The van der Waals surface area contributed by atoms with Gasteiger partial charge in [0.1, 0.15) is 0 Å². The molecule has 1 aromatic carbocycles. The quantitative estimate of drug-likeness (QED) is 0.767. The van der Waals surface area contributed by atoms with Gasteiger partial charge in [-0.15, -0.1) is 0 Å². The van der Waals surface area contributed by atoms with Crippen LogP contribution in [-0.4, -0.2) is 27.8 Å². The van der Waals surface area contributed by atoms with Crippen molar-refractivity contribution in [3.63, 3.8) is 0 Å². The largest absolute Gasteiger partial charge is 0.387 e. The Bertz CT molecular complexity index is 659. The van der Waals surface area contributed by atoms with E-state index in [4.69, 9.17) is 0 Å². The molecule has 1 aromatic heterocycles. The van der Waals surface area contributed by atoms with Gasteiger partial charge in [-0.05, 0) is 43.4 Å². The van der Waals surface area contributed by atoms with Crippen molar-refractivity contribution in [3.05, 3.63) is 52.3 Å². The zero-order chi connectivity index (χ0) is 17.0. The van der Waals surface area contributed by atoms with E-state index in [1.54, 1.807) is 0 Å². The third kappa shape index (κ3) is 4.20. The number of aliphatic hydroxyl groups excluding tert-OH is 1. The molecule has 0 saturated carbocycles. The Morgan fingerprint density at radius 3 is 2.61 bits per heavy atom. The zero-order valence-electron chi connectivity index (χ0n) is 14.2. The van der Waals surface area contributed by atoms with E-state index in [0.29, 0.717) is 6.42 Å². The number of aryl methyl sites for hydroxylation is 3. The molecular formula is C18H25N3O2. The lowest BCUT2D eigenvalue weighted by Crippen LogP contribution is -2.29. The first-order chi connectivity index (χ1) is 10.9. The van der Waals surface area contributed by atoms with Crippen LogP contribution in [0.4, 0.5) is 0 Å². The molecule has 0 aliphatic carbocycles. The second kappa shape index (κ2) is 7.42. The van der Waals surface area contributed by atoms with Crippen molar-refractivity contribution in [2.45, 2.75) is 46.1 Å². The van der Waals surface area contributed by atoms with E-state index in [1.807, 2.05) is 52.0 Å². The number of nitrogens with one attached hydrogen (secondary N) is 2. The molecule has 5 nitrogen and oxygen atoms in total. The number of hydrogen-bond donors (Lipinski definition) is 3. The molecule has 1 heterocycles. The average molecular weight is 315 g/mol. The second-order valence-corrected chi connectivity index (χ2v) is 6.13. The highest BCUT2D eigenvalue weighted by atomic mass is 16.3. The van der Waals surface area contributed by atoms with Crippen LogP contribution in [0.2, 0.25) is 0 Å². The van der Waals surface area contributed by atoms with Crippen LogP contribution in [0.5, 0.6) is 0 Å². The lowest BCUT2D eigenvalue weighted by atomic mass is 9.95. The standard InChI is InChI=1S/C18H25N3O2/c1-11-7-5-6-8-15(11)16(22)10-19-17(23)9-12(2)18-13(3)20-21-14(18)4/h5-8,12,16,22H,9-10H2,1-4H3,(H,19,23)(H,20,21). The van der Waals surface area contributed by atoms with Crippen molar-refractivity contribution in [3.8, 4) is 0 Å². The van der Waals surface area contributed by atoms with Crippen LogP contribution in [0.25, 0.3) is 0 Å². The molecule has 0 spiro atoms. The van der Waals surface area contributed by atoms with Gasteiger partial charge in [0, 0.05) is 18.7 Å². The van der Waals surface area contributed by atoms with E-state index in [0.717, 1.165) is 28.1 Å². The first-order valence-electron chi connectivity index (χ1n) is 7.92. The fourth-order valence-electron chi connectivity index (χ4n) is 3.02. The maximum atomic E-state index is 12.1. The van der Waals surface area contributed by atoms with E-state index >= 15 is 0 Å². The summed E-state index contributed by atoms with van der Waals surface area (Å²) in [6.07, 6.45) is -0.310. The third-order valence-corrected chi connectivity index (χ3v) is 4.21. The summed E-state index contributed by atoms with van der Waals surface area (Å²) < 4.78 is 0. The number of aromatic amines is 1.